The van der Waals surface area contributed by atoms with Crippen LogP contribution >= 0.6 is 34.9 Å². The molecule has 1 aliphatic rings. The zero-order valence-corrected chi connectivity index (χ0v) is 20.4. The Hall–Kier alpha value is -2.62. The number of hydrogen-bond acceptors (Lipinski definition) is 7. The van der Waals surface area contributed by atoms with Crippen LogP contribution in [0.3, 0.4) is 0 Å². The number of thiophene rings is 1. The molecule has 0 saturated heterocycles. The summed E-state index contributed by atoms with van der Waals surface area (Å²) in [4.78, 5) is 22.5. The third-order valence-corrected chi connectivity index (χ3v) is 8.39. The zero-order chi connectivity index (χ0) is 22.6. The van der Waals surface area contributed by atoms with E-state index in [-0.39, 0.29) is 5.56 Å². The third kappa shape index (κ3) is 4.85. The molecule has 168 valence electrons. The lowest BCUT2D eigenvalue weighted by atomic mass is 10.2. The van der Waals surface area contributed by atoms with E-state index in [2.05, 4.69) is 50.6 Å². The summed E-state index contributed by atoms with van der Waals surface area (Å²) < 4.78 is 2.07. The lowest BCUT2D eigenvalue weighted by Crippen LogP contribution is -2.09. The second-order valence-corrected chi connectivity index (χ2v) is 10.7. The quantitative estimate of drug-likeness (QED) is 0.192. The van der Waals surface area contributed by atoms with Gasteiger partial charge in [-0.15, -0.1) is 28.1 Å². The molecule has 6 nitrogen and oxygen atoms in total. The average Bonchev–Trinajstić information content (AvgIpc) is 3.51. The normalized spacial score (nSPS) is 13.2. The van der Waals surface area contributed by atoms with E-state index < -0.39 is 0 Å². The maximum absolute atomic E-state index is 12.7. The Labute approximate surface area is 204 Å². The van der Waals surface area contributed by atoms with Crippen molar-refractivity contribution < 1.29 is 0 Å². The number of allylic oxidation sites excluding steroid dienone is 1. The summed E-state index contributed by atoms with van der Waals surface area (Å²) in [5, 5.41) is 11.0. The van der Waals surface area contributed by atoms with Gasteiger partial charge in [0, 0.05) is 17.2 Å². The van der Waals surface area contributed by atoms with E-state index in [0.717, 1.165) is 46.2 Å². The zero-order valence-electron chi connectivity index (χ0n) is 18.0. The Balaban J connectivity index is 1.28. The Kier molecular flexibility index (Phi) is 6.80. The molecule has 0 amide bonds. The first-order chi connectivity index (χ1) is 16.2. The van der Waals surface area contributed by atoms with Gasteiger partial charge in [0.25, 0.3) is 5.56 Å². The molecular formula is C24H23N5OS3. The van der Waals surface area contributed by atoms with Gasteiger partial charge in [-0.1, -0.05) is 72.1 Å². The van der Waals surface area contributed by atoms with E-state index in [0.29, 0.717) is 17.5 Å². The van der Waals surface area contributed by atoms with Gasteiger partial charge >= 0.3 is 0 Å². The number of H-pyrrole nitrogens is 1. The molecule has 0 unspecified atom stereocenters. The van der Waals surface area contributed by atoms with Crippen LogP contribution in [-0.4, -0.2) is 30.5 Å². The molecule has 3 heterocycles. The molecule has 1 aliphatic carbocycles. The maximum atomic E-state index is 12.7. The number of thioether (sulfide) groups is 2. The van der Waals surface area contributed by atoms with Crippen molar-refractivity contribution >= 4 is 51.2 Å². The van der Waals surface area contributed by atoms with Crippen LogP contribution in [0.4, 0.5) is 0 Å². The van der Waals surface area contributed by atoms with Crippen LogP contribution in [0.2, 0.25) is 0 Å². The van der Waals surface area contributed by atoms with Crippen LogP contribution < -0.4 is 5.56 Å². The molecule has 4 aromatic rings. The molecular weight excluding hydrogens is 470 g/mol. The molecule has 0 radical (unpaired) electrons. The van der Waals surface area contributed by atoms with Crippen LogP contribution in [0.15, 0.2) is 64.2 Å². The predicted octanol–water partition coefficient (Wildman–Crippen LogP) is 5.35. The van der Waals surface area contributed by atoms with Crippen molar-refractivity contribution in [3.8, 4) is 0 Å². The second kappa shape index (κ2) is 10.1. The summed E-state index contributed by atoms with van der Waals surface area (Å²) in [5.41, 5.74) is 2.35. The van der Waals surface area contributed by atoms with Gasteiger partial charge in [-0.3, -0.25) is 4.79 Å². The molecule has 0 bridgehead atoms. The second-order valence-electron chi connectivity index (χ2n) is 7.62. The fraction of sp³-hybridized carbons (Fsp3) is 0.250. The number of hydrogen-bond donors (Lipinski definition) is 1. The van der Waals surface area contributed by atoms with Crippen LogP contribution in [-0.2, 0) is 25.1 Å². The van der Waals surface area contributed by atoms with Crippen molar-refractivity contribution in [1.82, 2.24) is 24.7 Å². The SMILES string of the molecule is C=CCn1c(CSc2nc3sc4c(c3c(=O)[nH]2)CCC4)nnc1SC/C=C\c1ccccc1. The highest BCUT2D eigenvalue weighted by molar-refractivity contribution is 7.99. The minimum Gasteiger partial charge on any atom is -0.301 e. The van der Waals surface area contributed by atoms with Crippen molar-refractivity contribution in [2.24, 2.45) is 0 Å². The summed E-state index contributed by atoms with van der Waals surface area (Å²) in [6.45, 7) is 4.51. The van der Waals surface area contributed by atoms with E-state index >= 15 is 0 Å². The molecule has 0 aliphatic heterocycles. The minimum atomic E-state index is -0.0316. The highest BCUT2D eigenvalue weighted by Gasteiger charge is 2.21. The lowest BCUT2D eigenvalue weighted by molar-refractivity contribution is 0.700. The topological polar surface area (TPSA) is 76.5 Å². The molecule has 1 N–H and O–H groups in total. The van der Waals surface area contributed by atoms with Gasteiger partial charge in [0.15, 0.2) is 10.3 Å². The average molecular weight is 494 g/mol. The van der Waals surface area contributed by atoms with Gasteiger partial charge in [0.1, 0.15) is 10.7 Å². The Bertz CT molecular complexity index is 1370. The smallest absolute Gasteiger partial charge is 0.260 e. The molecule has 3 aromatic heterocycles. The first-order valence-electron chi connectivity index (χ1n) is 10.8. The third-order valence-electron chi connectivity index (χ3n) is 5.41. The van der Waals surface area contributed by atoms with Gasteiger partial charge in [0.2, 0.25) is 0 Å². The van der Waals surface area contributed by atoms with Crippen molar-refractivity contribution in [1.29, 1.82) is 0 Å². The number of fused-ring (bicyclic) bond motifs is 3. The van der Waals surface area contributed by atoms with Crippen LogP contribution in [0, 0.1) is 0 Å². The monoisotopic (exact) mass is 493 g/mol. The Morgan fingerprint density at radius 1 is 1.18 bits per heavy atom. The molecule has 0 atom stereocenters. The van der Waals surface area contributed by atoms with Crippen LogP contribution in [0.25, 0.3) is 16.3 Å². The first-order valence-corrected chi connectivity index (χ1v) is 13.6. The van der Waals surface area contributed by atoms with Gasteiger partial charge in [-0.2, -0.15) is 0 Å². The molecule has 33 heavy (non-hydrogen) atoms. The molecule has 9 heteroatoms. The summed E-state index contributed by atoms with van der Waals surface area (Å²) in [6.07, 6.45) is 9.26. The summed E-state index contributed by atoms with van der Waals surface area (Å²) in [6, 6.07) is 10.2. The maximum Gasteiger partial charge on any atom is 0.260 e. The highest BCUT2D eigenvalue weighted by Crippen LogP contribution is 2.35. The first kappa shape index (κ1) is 22.2. The van der Waals surface area contributed by atoms with Gasteiger partial charge in [0.05, 0.1) is 11.1 Å². The van der Waals surface area contributed by atoms with Crippen LogP contribution in [0.5, 0.6) is 0 Å². The number of benzene rings is 1. The number of aromatic amines is 1. The van der Waals surface area contributed by atoms with Gasteiger partial charge in [-0.25, -0.2) is 4.98 Å². The van der Waals surface area contributed by atoms with Gasteiger partial charge in [-0.05, 0) is 30.4 Å². The molecule has 1 aromatic carbocycles. The lowest BCUT2D eigenvalue weighted by Gasteiger charge is -2.07. The highest BCUT2D eigenvalue weighted by atomic mass is 32.2. The van der Waals surface area contributed by atoms with E-state index in [4.69, 9.17) is 4.98 Å². The van der Waals surface area contributed by atoms with Crippen molar-refractivity contribution in [3.63, 3.8) is 0 Å². The van der Waals surface area contributed by atoms with E-state index in [1.807, 2.05) is 24.3 Å². The Morgan fingerprint density at radius 2 is 2.06 bits per heavy atom. The minimum absolute atomic E-state index is 0.0316. The van der Waals surface area contributed by atoms with Crippen molar-refractivity contribution in [3.05, 3.63) is 81.2 Å². The molecule has 0 fully saturated rings. The summed E-state index contributed by atoms with van der Waals surface area (Å²) in [5.74, 6) is 2.21. The fourth-order valence-corrected chi connectivity index (χ4v) is 6.80. The van der Waals surface area contributed by atoms with E-state index in [1.165, 1.54) is 27.8 Å². The molecule has 0 spiro atoms. The van der Waals surface area contributed by atoms with E-state index in [1.54, 1.807) is 23.1 Å². The molecule has 0 saturated carbocycles. The van der Waals surface area contributed by atoms with Crippen molar-refractivity contribution in [2.45, 2.75) is 41.9 Å². The summed E-state index contributed by atoms with van der Waals surface area (Å²) in [7, 11) is 0. The number of aromatic nitrogens is 5. The molecule has 5 rings (SSSR count). The number of nitrogens with zero attached hydrogens (tertiary/aromatic N) is 4. The largest absolute Gasteiger partial charge is 0.301 e. The van der Waals surface area contributed by atoms with Crippen LogP contribution in [0.1, 0.15) is 28.2 Å². The number of nitrogens with one attached hydrogen (secondary N) is 1. The number of aryl methyl sites for hydroxylation is 2. The fourth-order valence-electron chi connectivity index (χ4n) is 3.90. The van der Waals surface area contributed by atoms with E-state index in [9.17, 15) is 4.79 Å². The number of rotatable bonds is 9. The standard InChI is InChI=1S/C24H23N5OS3/c1-2-13-29-19(27-28-24(29)31-14-7-10-16-8-4-3-5-9-16)15-32-23-25-21(30)20-17-11-6-12-18(17)33-22(20)26-23/h2-5,7-10H,1,6,11-15H2,(H,25,26,30)/b10-7-. The predicted molar refractivity (Wildman–Crippen MR) is 138 cm³/mol. The summed E-state index contributed by atoms with van der Waals surface area (Å²) >= 11 is 4.78. The van der Waals surface area contributed by atoms with Gasteiger partial charge < -0.3 is 9.55 Å². The van der Waals surface area contributed by atoms with Crippen molar-refractivity contribution in [2.75, 3.05) is 5.75 Å². The Morgan fingerprint density at radius 3 is 2.91 bits per heavy atom.